The predicted octanol–water partition coefficient (Wildman–Crippen LogP) is 2.32. The van der Waals surface area contributed by atoms with Crippen molar-refractivity contribution in [2.24, 2.45) is 0 Å². The Kier molecular flexibility index (Phi) is 3.82. The average Bonchev–Trinajstić information content (AvgIpc) is 2.87. The van der Waals surface area contributed by atoms with Gasteiger partial charge in [0.25, 0.3) is 0 Å². The molecule has 2 rings (SSSR count). The predicted molar refractivity (Wildman–Crippen MR) is 62.6 cm³/mol. The lowest BCUT2D eigenvalue weighted by Crippen LogP contribution is -2.16. The molecule has 0 radical (unpaired) electrons. The third kappa shape index (κ3) is 2.38. The Morgan fingerprint density at radius 3 is 2.75 bits per heavy atom. The summed E-state index contributed by atoms with van der Waals surface area (Å²) in [6.45, 7) is 5.12. The monoisotopic (exact) mass is 243 g/mol. The Bertz CT molecular complexity index is 345. The SMILES string of the molecule is CC(C)n1c(CCl)nnc1CC1CCCO1. The standard InChI is InChI=1S/C11H18ClN3O/c1-8(2)15-10(13-14-11(15)7-12)6-9-4-3-5-16-9/h8-9H,3-7H2,1-2H3. The van der Waals surface area contributed by atoms with E-state index >= 15 is 0 Å². The van der Waals surface area contributed by atoms with Gasteiger partial charge in [-0.2, -0.15) is 0 Å². The Balaban J connectivity index is 2.15. The molecule has 4 nitrogen and oxygen atoms in total. The number of halogens is 1. The minimum absolute atomic E-state index is 0.310. The summed E-state index contributed by atoms with van der Waals surface area (Å²) in [5, 5.41) is 8.34. The van der Waals surface area contributed by atoms with Crippen LogP contribution in [0.3, 0.4) is 0 Å². The van der Waals surface area contributed by atoms with Gasteiger partial charge in [-0.25, -0.2) is 0 Å². The van der Waals surface area contributed by atoms with E-state index in [1.54, 1.807) is 0 Å². The topological polar surface area (TPSA) is 39.9 Å². The first-order chi connectivity index (χ1) is 7.72. The van der Waals surface area contributed by atoms with Gasteiger partial charge in [-0.15, -0.1) is 21.8 Å². The molecule has 16 heavy (non-hydrogen) atoms. The van der Waals surface area contributed by atoms with Gasteiger partial charge in [0.15, 0.2) is 0 Å². The number of aromatic nitrogens is 3. The van der Waals surface area contributed by atoms with Gasteiger partial charge in [-0.05, 0) is 26.7 Å². The zero-order valence-corrected chi connectivity index (χ0v) is 10.6. The van der Waals surface area contributed by atoms with Gasteiger partial charge in [0.1, 0.15) is 11.6 Å². The van der Waals surface area contributed by atoms with Crippen LogP contribution in [0.15, 0.2) is 0 Å². The van der Waals surface area contributed by atoms with Crippen molar-refractivity contribution in [2.75, 3.05) is 6.61 Å². The van der Waals surface area contributed by atoms with Gasteiger partial charge in [0.05, 0.1) is 12.0 Å². The summed E-state index contributed by atoms with van der Waals surface area (Å²) in [5.74, 6) is 2.26. The fourth-order valence-corrected chi connectivity index (χ4v) is 2.38. The van der Waals surface area contributed by atoms with Crippen molar-refractivity contribution >= 4 is 11.6 Å². The average molecular weight is 244 g/mol. The second-order valence-corrected chi connectivity index (χ2v) is 4.74. The molecule has 1 fully saturated rings. The molecule has 90 valence electrons. The van der Waals surface area contributed by atoms with Crippen LogP contribution in [-0.4, -0.2) is 27.5 Å². The molecule has 0 spiro atoms. The van der Waals surface area contributed by atoms with Gasteiger partial charge in [-0.1, -0.05) is 0 Å². The third-order valence-electron chi connectivity index (χ3n) is 2.91. The summed E-state index contributed by atoms with van der Waals surface area (Å²) in [5.41, 5.74) is 0. The van der Waals surface area contributed by atoms with Crippen LogP contribution in [0.2, 0.25) is 0 Å². The normalized spacial score (nSPS) is 20.9. The summed E-state index contributed by atoms with van der Waals surface area (Å²) >= 11 is 5.85. The van der Waals surface area contributed by atoms with Crippen molar-refractivity contribution in [3.8, 4) is 0 Å². The van der Waals surface area contributed by atoms with Gasteiger partial charge < -0.3 is 9.30 Å². The molecule has 1 aromatic rings. The maximum absolute atomic E-state index is 5.85. The summed E-state index contributed by atoms with van der Waals surface area (Å²) in [4.78, 5) is 0. The van der Waals surface area contributed by atoms with Crippen LogP contribution in [-0.2, 0) is 17.0 Å². The Morgan fingerprint density at radius 1 is 1.44 bits per heavy atom. The summed E-state index contributed by atoms with van der Waals surface area (Å²) in [6, 6.07) is 0.347. The van der Waals surface area contributed by atoms with Crippen LogP contribution in [0, 0.1) is 0 Å². The molecule has 1 unspecified atom stereocenters. The minimum Gasteiger partial charge on any atom is -0.378 e. The van der Waals surface area contributed by atoms with E-state index in [4.69, 9.17) is 16.3 Å². The fraction of sp³-hybridized carbons (Fsp3) is 0.818. The van der Waals surface area contributed by atoms with E-state index < -0.39 is 0 Å². The molecule has 2 heterocycles. The van der Waals surface area contributed by atoms with E-state index in [1.165, 1.54) is 0 Å². The van der Waals surface area contributed by atoms with Crippen LogP contribution in [0.4, 0.5) is 0 Å². The zero-order chi connectivity index (χ0) is 11.5. The molecule has 0 bridgehead atoms. The number of rotatable bonds is 4. The smallest absolute Gasteiger partial charge is 0.148 e. The molecule has 5 heteroatoms. The number of hydrogen-bond acceptors (Lipinski definition) is 3. The van der Waals surface area contributed by atoms with Crippen molar-refractivity contribution in [1.29, 1.82) is 0 Å². The number of nitrogens with zero attached hydrogens (tertiary/aromatic N) is 3. The van der Waals surface area contributed by atoms with Gasteiger partial charge in [0.2, 0.25) is 0 Å². The molecule has 1 atom stereocenters. The van der Waals surface area contributed by atoms with Crippen molar-refractivity contribution in [2.45, 2.75) is 51.1 Å². The number of hydrogen-bond donors (Lipinski definition) is 0. The first kappa shape index (κ1) is 11.9. The quantitative estimate of drug-likeness (QED) is 0.762. The van der Waals surface area contributed by atoms with Crippen LogP contribution in [0.5, 0.6) is 0 Å². The van der Waals surface area contributed by atoms with Crippen molar-refractivity contribution in [3.63, 3.8) is 0 Å². The lowest BCUT2D eigenvalue weighted by molar-refractivity contribution is 0.109. The summed E-state index contributed by atoms with van der Waals surface area (Å²) in [6.07, 6.45) is 3.44. The molecular weight excluding hydrogens is 226 g/mol. The number of ether oxygens (including phenoxy) is 1. The first-order valence-electron chi connectivity index (χ1n) is 5.82. The van der Waals surface area contributed by atoms with E-state index in [1.807, 2.05) is 0 Å². The fourth-order valence-electron chi connectivity index (χ4n) is 2.20. The van der Waals surface area contributed by atoms with E-state index in [0.29, 0.717) is 18.0 Å². The zero-order valence-electron chi connectivity index (χ0n) is 9.82. The summed E-state index contributed by atoms with van der Waals surface area (Å²) in [7, 11) is 0. The second kappa shape index (κ2) is 5.15. The van der Waals surface area contributed by atoms with Crippen molar-refractivity contribution in [1.82, 2.24) is 14.8 Å². The van der Waals surface area contributed by atoms with Crippen LogP contribution in [0.25, 0.3) is 0 Å². The van der Waals surface area contributed by atoms with Crippen LogP contribution < -0.4 is 0 Å². The molecule has 0 N–H and O–H groups in total. The summed E-state index contributed by atoms with van der Waals surface area (Å²) < 4.78 is 7.74. The molecule has 1 aliphatic heterocycles. The van der Waals surface area contributed by atoms with Gasteiger partial charge in [0, 0.05) is 19.1 Å². The molecule has 1 aliphatic rings. The molecule has 0 saturated carbocycles. The highest BCUT2D eigenvalue weighted by molar-refractivity contribution is 6.16. The first-order valence-corrected chi connectivity index (χ1v) is 6.36. The molecule has 0 amide bonds. The highest BCUT2D eigenvalue weighted by atomic mass is 35.5. The Labute approximate surface area is 101 Å². The van der Waals surface area contributed by atoms with E-state index in [2.05, 4.69) is 28.6 Å². The van der Waals surface area contributed by atoms with Crippen molar-refractivity contribution < 1.29 is 4.74 Å². The molecule has 1 saturated heterocycles. The third-order valence-corrected chi connectivity index (χ3v) is 3.15. The van der Waals surface area contributed by atoms with Gasteiger partial charge in [-0.3, -0.25) is 0 Å². The molecule has 0 aromatic carbocycles. The van der Waals surface area contributed by atoms with E-state index in [-0.39, 0.29) is 0 Å². The Hall–Kier alpha value is -0.610. The molecular formula is C11H18ClN3O. The number of alkyl halides is 1. The van der Waals surface area contributed by atoms with Gasteiger partial charge >= 0.3 is 0 Å². The highest BCUT2D eigenvalue weighted by Gasteiger charge is 2.21. The highest BCUT2D eigenvalue weighted by Crippen LogP contribution is 2.19. The largest absolute Gasteiger partial charge is 0.378 e. The van der Waals surface area contributed by atoms with Crippen molar-refractivity contribution in [3.05, 3.63) is 11.6 Å². The molecule has 0 aliphatic carbocycles. The van der Waals surface area contributed by atoms with Crippen LogP contribution in [0.1, 0.15) is 44.4 Å². The maximum atomic E-state index is 5.85. The lowest BCUT2D eigenvalue weighted by atomic mass is 10.1. The minimum atomic E-state index is 0.310. The van der Waals surface area contributed by atoms with Crippen LogP contribution >= 0.6 is 11.6 Å². The maximum Gasteiger partial charge on any atom is 0.148 e. The lowest BCUT2D eigenvalue weighted by Gasteiger charge is -2.15. The Morgan fingerprint density at radius 2 is 2.19 bits per heavy atom. The second-order valence-electron chi connectivity index (χ2n) is 4.47. The van der Waals surface area contributed by atoms with E-state index in [0.717, 1.165) is 37.5 Å². The van der Waals surface area contributed by atoms with E-state index in [9.17, 15) is 0 Å². The molecule has 1 aromatic heterocycles.